The number of carbonyl (C=O) groups excluding carboxylic acids is 2. The van der Waals surface area contributed by atoms with Crippen LogP contribution in [-0.4, -0.2) is 36.7 Å². The summed E-state index contributed by atoms with van der Waals surface area (Å²) in [7, 11) is 0. The van der Waals surface area contributed by atoms with Crippen LogP contribution in [-0.2, 0) is 4.74 Å². The molecule has 0 aliphatic carbocycles. The van der Waals surface area contributed by atoms with Crippen LogP contribution in [0.1, 0.15) is 27.1 Å². The lowest BCUT2D eigenvalue weighted by molar-refractivity contribution is 0.0472. The SMILES string of the molecule is O=C(COC(=O)c1cc2ccccc2cc1O)c1ccc2c(c1)OCCCO2. The molecule has 0 unspecified atom stereocenters. The maximum atomic E-state index is 12.4. The van der Waals surface area contributed by atoms with Gasteiger partial charge in [0.15, 0.2) is 23.9 Å². The molecule has 0 atom stereocenters. The number of ether oxygens (including phenoxy) is 3. The van der Waals surface area contributed by atoms with Crippen molar-refractivity contribution in [3.05, 3.63) is 65.7 Å². The van der Waals surface area contributed by atoms with Crippen molar-refractivity contribution in [2.75, 3.05) is 19.8 Å². The van der Waals surface area contributed by atoms with Crippen molar-refractivity contribution in [2.45, 2.75) is 6.42 Å². The largest absolute Gasteiger partial charge is 0.507 e. The third-order valence-corrected chi connectivity index (χ3v) is 4.49. The molecule has 0 fully saturated rings. The molecule has 3 aromatic carbocycles. The van der Waals surface area contributed by atoms with E-state index >= 15 is 0 Å². The van der Waals surface area contributed by atoms with Crippen LogP contribution in [0.25, 0.3) is 10.8 Å². The van der Waals surface area contributed by atoms with E-state index in [0.717, 1.165) is 17.2 Å². The van der Waals surface area contributed by atoms with Crippen LogP contribution in [0.3, 0.4) is 0 Å². The second-order valence-electron chi connectivity index (χ2n) is 6.43. The quantitative estimate of drug-likeness (QED) is 0.550. The molecule has 0 saturated heterocycles. The normalized spacial score (nSPS) is 13.0. The highest BCUT2D eigenvalue weighted by molar-refractivity contribution is 6.02. The first-order valence-electron chi connectivity index (χ1n) is 8.93. The lowest BCUT2D eigenvalue weighted by Crippen LogP contribution is -2.14. The highest BCUT2D eigenvalue weighted by Crippen LogP contribution is 2.30. The monoisotopic (exact) mass is 378 g/mol. The number of rotatable bonds is 4. The second-order valence-corrected chi connectivity index (χ2v) is 6.43. The fourth-order valence-electron chi connectivity index (χ4n) is 3.02. The zero-order valence-corrected chi connectivity index (χ0v) is 15.0. The van der Waals surface area contributed by atoms with E-state index in [9.17, 15) is 14.7 Å². The van der Waals surface area contributed by atoms with Gasteiger partial charge in [0.05, 0.1) is 13.2 Å². The first-order chi connectivity index (χ1) is 13.6. The van der Waals surface area contributed by atoms with Gasteiger partial charge in [-0.15, -0.1) is 0 Å². The van der Waals surface area contributed by atoms with Gasteiger partial charge in [0.2, 0.25) is 0 Å². The summed E-state index contributed by atoms with van der Waals surface area (Å²) in [4.78, 5) is 24.8. The summed E-state index contributed by atoms with van der Waals surface area (Å²) in [5.41, 5.74) is 0.380. The highest BCUT2D eigenvalue weighted by atomic mass is 16.5. The van der Waals surface area contributed by atoms with E-state index in [0.29, 0.717) is 30.3 Å². The molecule has 6 heteroatoms. The highest BCUT2D eigenvalue weighted by Gasteiger charge is 2.18. The Morgan fingerprint density at radius 2 is 1.64 bits per heavy atom. The fraction of sp³-hybridized carbons (Fsp3) is 0.182. The van der Waals surface area contributed by atoms with Gasteiger partial charge >= 0.3 is 5.97 Å². The fourth-order valence-corrected chi connectivity index (χ4v) is 3.02. The van der Waals surface area contributed by atoms with E-state index in [-0.39, 0.29) is 17.1 Å². The number of Topliss-reactive ketones (excluding diaryl/α,β-unsaturated/α-hetero) is 1. The van der Waals surface area contributed by atoms with E-state index in [1.165, 1.54) is 6.07 Å². The molecule has 6 nitrogen and oxygen atoms in total. The maximum absolute atomic E-state index is 12.4. The zero-order valence-electron chi connectivity index (χ0n) is 15.0. The first kappa shape index (κ1) is 17.9. The van der Waals surface area contributed by atoms with Crippen LogP contribution in [0.2, 0.25) is 0 Å². The molecular weight excluding hydrogens is 360 g/mol. The lowest BCUT2D eigenvalue weighted by atomic mass is 10.1. The summed E-state index contributed by atoms with van der Waals surface area (Å²) in [5.74, 6) is -0.226. The number of esters is 1. The van der Waals surface area contributed by atoms with Crippen LogP contribution in [0.4, 0.5) is 0 Å². The molecule has 0 bridgehead atoms. The Morgan fingerprint density at radius 1 is 0.929 bits per heavy atom. The smallest absolute Gasteiger partial charge is 0.342 e. The summed E-state index contributed by atoms with van der Waals surface area (Å²) >= 11 is 0. The van der Waals surface area contributed by atoms with Crippen molar-refractivity contribution in [3.8, 4) is 17.2 Å². The van der Waals surface area contributed by atoms with Crippen molar-refractivity contribution in [2.24, 2.45) is 0 Å². The van der Waals surface area contributed by atoms with Gasteiger partial charge in [-0.25, -0.2) is 4.79 Å². The standard InChI is InChI=1S/C22H18O6/c23-18-11-15-5-2-1-4-14(15)10-17(18)22(25)28-13-19(24)16-6-7-20-21(12-16)27-9-3-8-26-20/h1-2,4-7,10-12,23H,3,8-9,13H2. The van der Waals surface area contributed by atoms with E-state index in [4.69, 9.17) is 14.2 Å². The molecule has 1 aliphatic rings. The average molecular weight is 378 g/mol. The number of carbonyl (C=O) groups is 2. The molecule has 3 aromatic rings. The van der Waals surface area contributed by atoms with Crippen LogP contribution in [0, 0.1) is 0 Å². The molecule has 0 radical (unpaired) electrons. The van der Waals surface area contributed by atoms with Gasteiger partial charge in [-0.2, -0.15) is 0 Å². The van der Waals surface area contributed by atoms with Crippen LogP contribution >= 0.6 is 0 Å². The van der Waals surface area contributed by atoms with E-state index < -0.39 is 12.6 Å². The molecular formula is C22H18O6. The Hall–Kier alpha value is -3.54. The number of hydrogen-bond donors (Lipinski definition) is 1. The van der Waals surface area contributed by atoms with E-state index in [2.05, 4.69) is 0 Å². The zero-order chi connectivity index (χ0) is 19.5. The van der Waals surface area contributed by atoms with Crippen molar-refractivity contribution in [3.63, 3.8) is 0 Å². The summed E-state index contributed by atoms with van der Waals surface area (Å²) in [6.07, 6.45) is 0.769. The lowest BCUT2D eigenvalue weighted by Gasteiger charge is -2.10. The molecule has 0 aromatic heterocycles. The van der Waals surface area contributed by atoms with Crippen molar-refractivity contribution in [1.82, 2.24) is 0 Å². The minimum Gasteiger partial charge on any atom is -0.507 e. The molecule has 4 rings (SSSR count). The Labute approximate surface area is 161 Å². The Balaban J connectivity index is 1.47. The third-order valence-electron chi connectivity index (χ3n) is 4.49. The van der Waals surface area contributed by atoms with Gasteiger partial charge in [-0.1, -0.05) is 24.3 Å². The van der Waals surface area contributed by atoms with Gasteiger partial charge < -0.3 is 19.3 Å². The van der Waals surface area contributed by atoms with E-state index in [1.807, 2.05) is 24.3 Å². The summed E-state index contributed by atoms with van der Waals surface area (Å²) in [6.45, 7) is 0.638. The Bertz CT molecular complexity index is 1060. The number of phenolic OH excluding ortho intramolecular Hbond substituents is 1. The number of hydrogen-bond acceptors (Lipinski definition) is 6. The van der Waals surface area contributed by atoms with Crippen LogP contribution in [0.15, 0.2) is 54.6 Å². The molecule has 0 spiro atoms. The topological polar surface area (TPSA) is 82.1 Å². The second kappa shape index (κ2) is 7.60. The number of fused-ring (bicyclic) bond motifs is 2. The number of phenols is 1. The average Bonchev–Trinajstić information content (AvgIpc) is 2.96. The molecule has 1 N–H and O–H groups in total. The number of benzene rings is 3. The molecule has 28 heavy (non-hydrogen) atoms. The van der Waals surface area contributed by atoms with Gasteiger partial charge in [-0.05, 0) is 41.1 Å². The first-order valence-corrected chi connectivity index (χ1v) is 8.93. The van der Waals surface area contributed by atoms with Crippen molar-refractivity contribution in [1.29, 1.82) is 0 Å². The molecule has 1 aliphatic heterocycles. The predicted molar refractivity (Wildman–Crippen MR) is 102 cm³/mol. The minimum absolute atomic E-state index is 0.0187. The van der Waals surface area contributed by atoms with Gasteiger partial charge in [0.1, 0.15) is 11.3 Å². The third kappa shape index (κ3) is 3.62. The van der Waals surface area contributed by atoms with Crippen molar-refractivity contribution < 1.29 is 28.9 Å². The van der Waals surface area contributed by atoms with Crippen LogP contribution < -0.4 is 9.47 Å². The Morgan fingerprint density at radius 3 is 2.43 bits per heavy atom. The Kier molecular flexibility index (Phi) is 4.85. The molecule has 142 valence electrons. The molecule has 1 heterocycles. The minimum atomic E-state index is -0.758. The van der Waals surface area contributed by atoms with Crippen molar-refractivity contribution >= 4 is 22.5 Å². The summed E-state index contributed by atoms with van der Waals surface area (Å²) in [6, 6.07) is 15.2. The van der Waals surface area contributed by atoms with Gasteiger partial charge in [-0.3, -0.25) is 4.79 Å². The summed E-state index contributed by atoms with van der Waals surface area (Å²) in [5, 5.41) is 11.7. The molecule has 0 saturated carbocycles. The predicted octanol–water partition coefficient (Wildman–Crippen LogP) is 3.75. The molecule has 0 amide bonds. The van der Waals surface area contributed by atoms with Gasteiger partial charge in [0, 0.05) is 12.0 Å². The van der Waals surface area contributed by atoms with Crippen LogP contribution in [0.5, 0.6) is 17.2 Å². The number of ketones is 1. The van der Waals surface area contributed by atoms with Gasteiger partial charge in [0.25, 0.3) is 0 Å². The summed E-state index contributed by atoms with van der Waals surface area (Å²) < 4.78 is 16.2. The number of aromatic hydroxyl groups is 1. The van der Waals surface area contributed by atoms with E-state index in [1.54, 1.807) is 24.3 Å². The maximum Gasteiger partial charge on any atom is 0.342 e.